The monoisotopic (exact) mass is 429 g/mol. The van der Waals surface area contributed by atoms with E-state index in [0.29, 0.717) is 17.4 Å². The highest BCUT2D eigenvalue weighted by Gasteiger charge is 2.64. The molecule has 5 N–H and O–H groups in total. The summed E-state index contributed by atoms with van der Waals surface area (Å²) in [5.74, 6) is 3.86. The lowest BCUT2D eigenvalue weighted by molar-refractivity contribution is -0.309. The quantitative estimate of drug-likeness (QED) is 0.608. The van der Waals surface area contributed by atoms with Gasteiger partial charge in [0.15, 0.2) is 0 Å². The normalized spacial score (nSPS) is 53.7. The van der Waals surface area contributed by atoms with Gasteiger partial charge in [-0.05, 0) is 120 Å². The minimum atomic E-state index is 0.0536. The molecule has 0 amide bonds. The Morgan fingerprint density at radius 3 is 2.48 bits per heavy atom. The average molecular weight is 430 g/mol. The zero-order chi connectivity index (χ0) is 21.3. The van der Waals surface area contributed by atoms with Crippen LogP contribution in [0, 0.1) is 35.0 Å². The molecule has 4 nitrogen and oxygen atoms in total. The maximum absolute atomic E-state index is 7.29. The van der Waals surface area contributed by atoms with Gasteiger partial charge in [0.1, 0.15) is 0 Å². The van der Waals surface area contributed by atoms with Crippen molar-refractivity contribution in [2.24, 2.45) is 46.5 Å². The molecule has 9 atom stereocenters. The van der Waals surface area contributed by atoms with E-state index >= 15 is 0 Å². The number of nitrogens with two attached hydrogens (primary N) is 2. The summed E-state index contributed by atoms with van der Waals surface area (Å²) in [6.45, 7) is 3.56. The highest BCUT2D eigenvalue weighted by atomic mass is 16.5. The van der Waals surface area contributed by atoms with Crippen molar-refractivity contribution in [3.63, 3.8) is 0 Å². The summed E-state index contributed by atoms with van der Waals surface area (Å²) in [7, 11) is 0. The first-order valence-corrected chi connectivity index (χ1v) is 13.8. The summed E-state index contributed by atoms with van der Waals surface area (Å²) in [5, 5.41) is 3.56. The second-order valence-corrected chi connectivity index (χ2v) is 13.3. The standard InChI is InChI=1S/C27H47N3O/c1-25-8-4-5-20-14-27(31-25,16-22(28)24(20)25)21-12-19(11-18-6-7-23(29)30-17-18)13-26(15-21)9-2-3-10-26/h18-24,30H,2-17,28-29H2,1H3/t18?,19-,20-,21-,22+,23?,24+,25+,27-/m0/s1. The smallest absolute Gasteiger partial charge is 0.0736 e. The van der Waals surface area contributed by atoms with Crippen LogP contribution in [0.2, 0.25) is 0 Å². The highest BCUT2D eigenvalue weighted by molar-refractivity contribution is 5.15. The molecule has 7 aliphatic rings. The maximum atomic E-state index is 7.29. The third kappa shape index (κ3) is 3.63. The van der Waals surface area contributed by atoms with Crippen molar-refractivity contribution in [3.8, 4) is 0 Å². The van der Waals surface area contributed by atoms with Gasteiger partial charge in [0.25, 0.3) is 0 Å². The molecule has 2 unspecified atom stereocenters. The summed E-state index contributed by atoms with van der Waals surface area (Å²) < 4.78 is 7.29. The number of ether oxygens (including phenoxy) is 1. The molecule has 176 valence electrons. The zero-order valence-electron chi connectivity index (χ0n) is 19.9. The molecular formula is C27H47N3O. The fraction of sp³-hybridized carbons (Fsp3) is 1.00. The third-order valence-corrected chi connectivity index (χ3v) is 11.2. The number of fused-ring (bicyclic) bond motifs is 1. The molecule has 4 bridgehead atoms. The van der Waals surface area contributed by atoms with Crippen molar-refractivity contribution in [2.45, 2.75) is 127 Å². The summed E-state index contributed by atoms with van der Waals surface area (Å²) in [6, 6.07) is 0.363. The topological polar surface area (TPSA) is 73.3 Å². The maximum Gasteiger partial charge on any atom is 0.0736 e. The number of hydrogen-bond donors (Lipinski definition) is 3. The van der Waals surface area contributed by atoms with Crippen LogP contribution in [0.5, 0.6) is 0 Å². The summed E-state index contributed by atoms with van der Waals surface area (Å²) in [5.41, 5.74) is 13.8. The third-order valence-electron chi connectivity index (χ3n) is 11.2. The Kier molecular flexibility index (Phi) is 5.30. The van der Waals surface area contributed by atoms with Gasteiger partial charge in [0, 0.05) is 12.0 Å². The fourth-order valence-electron chi connectivity index (χ4n) is 10.2. The van der Waals surface area contributed by atoms with Crippen LogP contribution in [0.3, 0.4) is 0 Å². The highest BCUT2D eigenvalue weighted by Crippen LogP contribution is 2.64. The molecule has 3 aliphatic heterocycles. The molecule has 4 saturated carbocycles. The number of nitrogens with one attached hydrogen (secondary N) is 1. The summed E-state index contributed by atoms with van der Waals surface area (Å²) in [4.78, 5) is 0. The average Bonchev–Trinajstić information content (AvgIpc) is 3.15. The lowest BCUT2D eigenvalue weighted by Gasteiger charge is -2.67. The van der Waals surface area contributed by atoms with Gasteiger partial charge in [-0.2, -0.15) is 0 Å². The van der Waals surface area contributed by atoms with Crippen molar-refractivity contribution < 1.29 is 4.74 Å². The Balaban J connectivity index is 1.26. The first-order chi connectivity index (χ1) is 14.9. The van der Waals surface area contributed by atoms with E-state index < -0.39 is 0 Å². The molecule has 0 aromatic heterocycles. The molecule has 7 rings (SSSR count). The second-order valence-electron chi connectivity index (χ2n) is 13.3. The van der Waals surface area contributed by atoms with E-state index in [4.69, 9.17) is 16.2 Å². The van der Waals surface area contributed by atoms with E-state index in [1.54, 1.807) is 0 Å². The van der Waals surface area contributed by atoms with Crippen LogP contribution in [0.15, 0.2) is 0 Å². The second kappa shape index (κ2) is 7.68. The van der Waals surface area contributed by atoms with E-state index in [2.05, 4.69) is 12.2 Å². The van der Waals surface area contributed by atoms with Gasteiger partial charge < -0.3 is 21.5 Å². The Morgan fingerprint density at radius 2 is 1.74 bits per heavy atom. The lowest BCUT2D eigenvalue weighted by Crippen LogP contribution is -2.71. The Labute approximate surface area is 190 Å². The van der Waals surface area contributed by atoms with E-state index in [0.717, 1.165) is 43.1 Å². The van der Waals surface area contributed by atoms with Gasteiger partial charge in [-0.25, -0.2) is 0 Å². The van der Waals surface area contributed by atoms with Gasteiger partial charge in [-0.1, -0.05) is 19.3 Å². The predicted octanol–water partition coefficient (Wildman–Crippen LogP) is 4.70. The molecule has 3 heterocycles. The van der Waals surface area contributed by atoms with Crippen molar-refractivity contribution in [3.05, 3.63) is 0 Å². The predicted molar refractivity (Wildman–Crippen MR) is 125 cm³/mol. The van der Waals surface area contributed by atoms with Crippen molar-refractivity contribution in [1.82, 2.24) is 5.32 Å². The van der Waals surface area contributed by atoms with E-state index in [1.807, 2.05) is 0 Å². The van der Waals surface area contributed by atoms with E-state index in [1.165, 1.54) is 83.5 Å². The number of rotatable bonds is 3. The van der Waals surface area contributed by atoms with Crippen LogP contribution in [0.1, 0.15) is 103 Å². The van der Waals surface area contributed by atoms with Crippen molar-refractivity contribution in [1.29, 1.82) is 0 Å². The Morgan fingerprint density at radius 1 is 0.903 bits per heavy atom. The molecule has 7 fully saturated rings. The minimum Gasteiger partial charge on any atom is -0.368 e. The van der Waals surface area contributed by atoms with Gasteiger partial charge in [0.05, 0.1) is 17.4 Å². The van der Waals surface area contributed by atoms with Crippen LogP contribution in [0.4, 0.5) is 0 Å². The fourth-order valence-corrected chi connectivity index (χ4v) is 10.2. The molecule has 0 radical (unpaired) electrons. The SMILES string of the molecule is C[C@@]12CCC[C@H]3C[C@@]([C@H]4C[C@H](CC5CCC(N)NC5)CC5(CCCC5)C4)(C[C@@H](N)[C@@H]31)O2. The van der Waals surface area contributed by atoms with Crippen LogP contribution < -0.4 is 16.8 Å². The van der Waals surface area contributed by atoms with E-state index in [-0.39, 0.29) is 17.4 Å². The lowest BCUT2D eigenvalue weighted by atomic mass is 9.49. The van der Waals surface area contributed by atoms with Gasteiger partial charge in [-0.15, -0.1) is 0 Å². The molecule has 1 spiro atoms. The summed E-state index contributed by atoms with van der Waals surface area (Å²) in [6.07, 6.45) is 20.7. The molecular weight excluding hydrogens is 382 g/mol. The van der Waals surface area contributed by atoms with Crippen molar-refractivity contribution in [2.75, 3.05) is 6.54 Å². The minimum absolute atomic E-state index is 0.0536. The molecule has 0 aromatic carbocycles. The van der Waals surface area contributed by atoms with Crippen LogP contribution in [-0.2, 0) is 4.74 Å². The largest absolute Gasteiger partial charge is 0.368 e. The summed E-state index contributed by atoms with van der Waals surface area (Å²) >= 11 is 0. The van der Waals surface area contributed by atoms with Crippen LogP contribution >= 0.6 is 0 Å². The first-order valence-electron chi connectivity index (χ1n) is 13.8. The van der Waals surface area contributed by atoms with E-state index in [9.17, 15) is 0 Å². The zero-order valence-corrected chi connectivity index (χ0v) is 19.9. The van der Waals surface area contributed by atoms with Crippen molar-refractivity contribution >= 4 is 0 Å². The molecule has 4 heteroatoms. The molecule has 4 aliphatic carbocycles. The number of hydrogen-bond acceptors (Lipinski definition) is 4. The van der Waals surface area contributed by atoms with Gasteiger partial charge in [0.2, 0.25) is 0 Å². The molecule has 31 heavy (non-hydrogen) atoms. The molecule has 3 saturated heterocycles. The Hall–Kier alpha value is -0.160. The van der Waals surface area contributed by atoms with Crippen LogP contribution in [-0.4, -0.2) is 30.0 Å². The first kappa shape index (κ1) is 21.4. The molecule has 0 aromatic rings. The van der Waals surface area contributed by atoms with Gasteiger partial charge >= 0.3 is 0 Å². The Bertz CT molecular complexity index is 669. The number of piperidine rings is 1. The van der Waals surface area contributed by atoms with Crippen LogP contribution in [0.25, 0.3) is 0 Å². The van der Waals surface area contributed by atoms with Gasteiger partial charge in [-0.3, -0.25) is 0 Å².